The second-order valence-corrected chi connectivity index (χ2v) is 6.97. The van der Waals surface area contributed by atoms with E-state index in [4.69, 9.17) is 14.5 Å². The molecule has 1 aliphatic carbocycles. The van der Waals surface area contributed by atoms with E-state index in [2.05, 4.69) is 0 Å². The van der Waals surface area contributed by atoms with Crippen LogP contribution in [0, 0.1) is 0 Å². The molecule has 0 amide bonds. The normalized spacial score (nSPS) is 25.4. The van der Waals surface area contributed by atoms with Crippen LogP contribution in [0.5, 0.6) is 0 Å². The maximum Gasteiger partial charge on any atom is 0.315 e. The Hall–Kier alpha value is -0.940. The third-order valence-corrected chi connectivity index (χ3v) is 5.40. The van der Waals surface area contributed by atoms with Crippen LogP contribution >= 0.6 is 11.3 Å². The number of thiazole rings is 1. The average molecular weight is 309 g/mol. The monoisotopic (exact) mass is 309 g/mol. The Morgan fingerprint density at radius 2 is 2.29 bits per heavy atom. The van der Waals surface area contributed by atoms with Crippen molar-refractivity contribution >= 4 is 17.3 Å². The van der Waals surface area contributed by atoms with Gasteiger partial charge in [0, 0.05) is 17.9 Å². The van der Waals surface area contributed by atoms with E-state index < -0.39 is 0 Å². The summed E-state index contributed by atoms with van der Waals surface area (Å²) in [7, 11) is 0. The van der Waals surface area contributed by atoms with Crippen LogP contribution in [0.25, 0.3) is 0 Å². The Balaban J connectivity index is 1.72. The molecule has 1 saturated heterocycles. The molecule has 0 saturated carbocycles. The van der Waals surface area contributed by atoms with Gasteiger partial charge in [-0.05, 0) is 45.4 Å². The van der Waals surface area contributed by atoms with Crippen LogP contribution in [0.4, 0.5) is 0 Å². The van der Waals surface area contributed by atoms with Gasteiger partial charge in [-0.15, -0.1) is 11.3 Å². The molecule has 1 aromatic heterocycles. The van der Waals surface area contributed by atoms with Crippen molar-refractivity contribution in [3.63, 3.8) is 0 Å². The molecule has 4 nitrogen and oxygen atoms in total. The summed E-state index contributed by atoms with van der Waals surface area (Å²) in [5, 5.41) is 1.13. The Labute approximate surface area is 129 Å². The van der Waals surface area contributed by atoms with Crippen LogP contribution in [0.2, 0.25) is 0 Å². The topological polar surface area (TPSA) is 48.4 Å². The molecule has 0 bridgehead atoms. The number of esters is 1. The molecule has 1 aliphatic heterocycles. The van der Waals surface area contributed by atoms with Gasteiger partial charge in [0.1, 0.15) is 5.92 Å². The lowest BCUT2D eigenvalue weighted by Gasteiger charge is -2.21. The van der Waals surface area contributed by atoms with Gasteiger partial charge >= 0.3 is 5.97 Å². The molecular weight excluding hydrogens is 286 g/mol. The first kappa shape index (κ1) is 15.0. The lowest BCUT2D eigenvalue weighted by Crippen LogP contribution is -2.22. The molecule has 1 fully saturated rings. The minimum absolute atomic E-state index is 0.107. The van der Waals surface area contributed by atoms with E-state index in [-0.39, 0.29) is 11.9 Å². The molecule has 2 aliphatic rings. The lowest BCUT2D eigenvalue weighted by atomic mass is 9.91. The summed E-state index contributed by atoms with van der Waals surface area (Å²) in [5.41, 5.74) is 0.982. The number of fused-ring (bicyclic) bond motifs is 1. The second-order valence-electron chi connectivity index (χ2n) is 5.81. The standard InChI is InChI=1S/C16H23NO3S/c1-2-19-16(18)12-7-5-8-13-15(12)17-14(21-13)10-11-6-3-4-9-20-11/h11-12H,2-10H2,1H3. The zero-order valence-corrected chi connectivity index (χ0v) is 13.4. The van der Waals surface area contributed by atoms with E-state index in [0.717, 1.165) is 49.4 Å². The average Bonchev–Trinajstić information content (AvgIpc) is 2.90. The summed E-state index contributed by atoms with van der Waals surface area (Å²) in [6.07, 6.45) is 7.74. The molecule has 5 heteroatoms. The molecule has 0 radical (unpaired) electrons. The first-order valence-corrected chi connectivity index (χ1v) is 8.86. The molecule has 0 spiro atoms. The van der Waals surface area contributed by atoms with Crippen LogP contribution in [0.15, 0.2) is 0 Å². The van der Waals surface area contributed by atoms with Crippen LogP contribution in [0.1, 0.15) is 60.5 Å². The highest BCUT2D eigenvalue weighted by atomic mass is 32.1. The van der Waals surface area contributed by atoms with Crippen molar-refractivity contribution in [2.75, 3.05) is 13.2 Å². The first-order chi connectivity index (χ1) is 10.3. The SMILES string of the molecule is CCOC(=O)C1CCCc2sc(CC3CCCCO3)nc21. The maximum absolute atomic E-state index is 12.1. The van der Waals surface area contributed by atoms with Gasteiger partial charge in [-0.1, -0.05) is 0 Å². The molecule has 2 unspecified atom stereocenters. The van der Waals surface area contributed by atoms with Crippen molar-refractivity contribution in [1.29, 1.82) is 0 Å². The molecule has 0 N–H and O–H groups in total. The summed E-state index contributed by atoms with van der Waals surface area (Å²) in [6, 6.07) is 0. The van der Waals surface area contributed by atoms with Gasteiger partial charge < -0.3 is 9.47 Å². The molecule has 3 rings (SSSR count). The number of ether oxygens (including phenoxy) is 2. The highest BCUT2D eigenvalue weighted by Crippen LogP contribution is 2.36. The van der Waals surface area contributed by atoms with Crippen molar-refractivity contribution in [3.8, 4) is 0 Å². The maximum atomic E-state index is 12.1. The summed E-state index contributed by atoms with van der Waals surface area (Å²) in [5.74, 6) is -0.254. The summed E-state index contributed by atoms with van der Waals surface area (Å²) < 4.78 is 11.0. The molecular formula is C16H23NO3S. The van der Waals surface area contributed by atoms with Crippen molar-refractivity contribution in [2.45, 2.75) is 63.9 Å². The molecule has 21 heavy (non-hydrogen) atoms. The van der Waals surface area contributed by atoms with Gasteiger partial charge in [0.2, 0.25) is 0 Å². The number of hydrogen-bond acceptors (Lipinski definition) is 5. The molecule has 0 aromatic carbocycles. The van der Waals surface area contributed by atoms with E-state index in [1.165, 1.54) is 17.7 Å². The molecule has 116 valence electrons. The third kappa shape index (κ3) is 3.46. The molecule has 2 atom stereocenters. The van der Waals surface area contributed by atoms with E-state index in [1.807, 2.05) is 6.92 Å². The zero-order chi connectivity index (χ0) is 14.7. The zero-order valence-electron chi connectivity index (χ0n) is 12.6. The van der Waals surface area contributed by atoms with E-state index in [9.17, 15) is 4.79 Å². The Kier molecular flexibility index (Phi) is 4.91. The Bertz CT molecular complexity index is 494. The smallest absolute Gasteiger partial charge is 0.315 e. The van der Waals surface area contributed by atoms with Gasteiger partial charge in [-0.3, -0.25) is 4.79 Å². The first-order valence-electron chi connectivity index (χ1n) is 8.04. The van der Waals surface area contributed by atoms with Gasteiger partial charge in [0.15, 0.2) is 0 Å². The predicted molar refractivity (Wildman–Crippen MR) is 81.7 cm³/mol. The number of carbonyl (C=O) groups excluding carboxylic acids is 1. The predicted octanol–water partition coefficient (Wildman–Crippen LogP) is 3.24. The summed E-state index contributed by atoms with van der Waals surface area (Å²) in [4.78, 5) is 18.1. The Morgan fingerprint density at radius 1 is 1.38 bits per heavy atom. The van der Waals surface area contributed by atoms with Gasteiger partial charge in [-0.25, -0.2) is 4.98 Å². The largest absolute Gasteiger partial charge is 0.465 e. The fourth-order valence-electron chi connectivity index (χ4n) is 3.19. The minimum atomic E-state index is -0.147. The highest BCUT2D eigenvalue weighted by Gasteiger charge is 2.31. The minimum Gasteiger partial charge on any atom is -0.465 e. The fraction of sp³-hybridized carbons (Fsp3) is 0.750. The van der Waals surface area contributed by atoms with Crippen LogP contribution in [0.3, 0.4) is 0 Å². The van der Waals surface area contributed by atoms with Gasteiger partial charge in [0.05, 0.1) is 23.4 Å². The number of aromatic nitrogens is 1. The van der Waals surface area contributed by atoms with Crippen LogP contribution in [-0.2, 0) is 27.1 Å². The van der Waals surface area contributed by atoms with Crippen molar-refractivity contribution in [2.24, 2.45) is 0 Å². The second kappa shape index (κ2) is 6.88. The van der Waals surface area contributed by atoms with Gasteiger partial charge in [-0.2, -0.15) is 0 Å². The number of carbonyl (C=O) groups is 1. The molecule has 2 heterocycles. The third-order valence-electron chi connectivity index (χ3n) is 4.25. The summed E-state index contributed by atoms with van der Waals surface area (Å²) in [6.45, 7) is 3.17. The molecule has 1 aromatic rings. The van der Waals surface area contributed by atoms with Crippen molar-refractivity contribution < 1.29 is 14.3 Å². The number of rotatable bonds is 4. The summed E-state index contributed by atoms with van der Waals surface area (Å²) >= 11 is 1.77. The number of nitrogens with zero attached hydrogens (tertiary/aromatic N) is 1. The highest BCUT2D eigenvalue weighted by molar-refractivity contribution is 7.11. The van der Waals surface area contributed by atoms with Crippen molar-refractivity contribution in [3.05, 3.63) is 15.6 Å². The fourth-order valence-corrected chi connectivity index (χ4v) is 4.43. The quantitative estimate of drug-likeness (QED) is 0.801. The van der Waals surface area contributed by atoms with Crippen LogP contribution in [-0.4, -0.2) is 30.3 Å². The van der Waals surface area contributed by atoms with E-state index in [1.54, 1.807) is 11.3 Å². The van der Waals surface area contributed by atoms with Gasteiger partial charge in [0.25, 0.3) is 0 Å². The van der Waals surface area contributed by atoms with E-state index in [0.29, 0.717) is 12.7 Å². The number of hydrogen-bond donors (Lipinski definition) is 0. The van der Waals surface area contributed by atoms with E-state index >= 15 is 0 Å². The number of aryl methyl sites for hydroxylation is 1. The van der Waals surface area contributed by atoms with Crippen LogP contribution < -0.4 is 0 Å². The Morgan fingerprint density at radius 3 is 3.05 bits per heavy atom. The lowest BCUT2D eigenvalue weighted by molar-refractivity contribution is -0.145. The van der Waals surface area contributed by atoms with Crippen molar-refractivity contribution in [1.82, 2.24) is 4.98 Å².